The topological polar surface area (TPSA) is 32.3 Å². The summed E-state index contributed by atoms with van der Waals surface area (Å²) in [6.45, 7) is 6.40. The number of hydrogen-bond acceptors (Lipinski definition) is 3. The zero-order valence-corrected chi connectivity index (χ0v) is 12.8. The smallest absolute Gasteiger partial charge is 0.239 e. The molecule has 0 aromatic carbocycles. The van der Waals surface area contributed by atoms with Crippen LogP contribution in [0.2, 0.25) is 0 Å². The van der Waals surface area contributed by atoms with E-state index in [1.807, 2.05) is 14.1 Å². The third kappa shape index (κ3) is 4.42. The summed E-state index contributed by atoms with van der Waals surface area (Å²) < 4.78 is 0. The first kappa shape index (κ1) is 15.2. The Bertz CT molecular complexity index is 360. The zero-order chi connectivity index (χ0) is 13.7. The van der Waals surface area contributed by atoms with E-state index in [0.29, 0.717) is 5.92 Å². The molecule has 0 saturated heterocycles. The van der Waals surface area contributed by atoms with Gasteiger partial charge in [0.25, 0.3) is 0 Å². The summed E-state index contributed by atoms with van der Waals surface area (Å²) in [6, 6.07) is 2.22. The van der Waals surface area contributed by atoms with Crippen molar-refractivity contribution in [3.8, 4) is 0 Å². The van der Waals surface area contributed by atoms with Gasteiger partial charge in [-0.1, -0.05) is 13.8 Å². The zero-order valence-electron chi connectivity index (χ0n) is 11.9. The molecule has 2 unspecified atom stereocenters. The second kappa shape index (κ2) is 6.90. The molecule has 1 aromatic rings. The fourth-order valence-electron chi connectivity index (χ4n) is 1.94. The number of hydrogen-bond donors (Lipinski definition) is 1. The first-order chi connectivity index (χ1) is 8.41. The molecule has 18 heavy (non-hydrogen) atoms. The first-order valence-corrected chi connectivity index (χ1v) is 7.35. The highest BCUT2D eigenvalue weighted by Gasteiger charge is 2.23. The van der Waals surface area contributed by atoms with Crippen molar-refractivity contribution in [3.05, 3.63) is 22.4 Å². The largest absolute Gasteiger partial charge is 0.347 e. The van der Waals surface area contributed by atoms with Gasteiger partial charge in [0.2, 0.25) is 5.91 Å². The Morgan fingerprint density at radius 1 is 1.39 bits per heavy atom. The maximum Gasteiger partial charge on any atom is 0.239 e. The van der Waals surface area contributed by atoms with Gasteiger partial charge in [0.05, 0.1) is 6.04 Å². The van der Waals surface area contributed by atoms with E-state index in [1.165, 1.54) is 5.56 Å². The number of carbonyl (C=O) groups is 1. The number of amides is 1. The minimum Gasteiger partial charge on any atom is -0.347 e. The molecule has 1 amide bonds. The molecule has 0 aliphatic carbocycles. The number of rotatable bonds is 6. The highest BCUT2D eigenvalue weighted by atomic mass is 32.1. The van der Waals surface area contributed by atoms with Crippen LogP contribution in [0.25, 0.3) is 0 Å². The van der Waals surface area contributed by atoms with Gasteiger partial charge in [-0.05, 0) is 41.7 Å². The van der Waals surface area contributed by atoms with Gasteiger partial charge in [-0.2, -0.15) is 11.3 Å². The quantitative estimate of drug-likeness (QED) is 0.860. The van der Waals surface area contributed by atoms with Crippen LogP contribution in [0, 0.1) is 5.92 Å². The van der Waals surface area contributed by atoms with Crippen molar-refractivity contribution in [1.82, 2.24) is 10.2 Å². The Kier molecular flexibility index (Phi) is 5.82. The van der Waals surface area contributed by atoms with Gasteiger partial charge in [0.1, 0.15) is 0 Å². The third-order valence-corrected chi connectivity index (χ3v) is 3.64. The highest BCUT2D eigenvalue weighted by Crippen LogP contribution is 2.18. The van der Waals surface area contributed by atoms with E-state index in [4.69, 9.17) is 0 Å². The molecule has 0 saturated carbocycles. The molecule has 1 heterocycles. The molecule has 4 heteroatoms. The van der Waals surface area contributed by atoms with Crippen LogP contribution >= 0.6 is 11.3 Å². The second-order valence-electron chi connectivity index (χ2n) is 5.36. The van der Waals surface area contributed by atoms with Crippen LogP contribution < -0.4 is 5.32 Å². The number of likely N-dealkylation sites (N-methyl/N-ethyl adjacent to an activating group) is 1. The molecule has 0 radical (unpaired) electrons. The van der Waals surface area contributed by atoms with Crippen LogP contribution in [0.4, 0.5) is 0 Å². The van der Waals surface area contributed by atoms with E-state index in [1.54, 1.807) is 16.2 Å². The molecular formula is C14H24N2OS. The lowest BCUT2D eigenvalue weighted by molar-refractivity contribution is -0.131. The van der Waals surface area contributed by atoms with Crippen molar-refractivity contribution >= 4 is 17.2 Å². The van der Waals surface area contributed by atoms with Crippen LogP contribution in [-0.4, -0.2) is 30.9 Å². The Hall–Kier alpha value is -0.870. The monoisotopic (exact) mass is 268 g/mol. The summed E-state index contributed by atoms with van der Waals surface area (Å²) in [5, 5.41) is 7.64. The van der Waals surface area contributed by atoms with Gasteiger partial charge < -0.3 is 4.90 Å². The van der Waals surface area contributed by atoms with Crippen molar-refractivity contribution in [2.45, 2.75) is 39.3 Å². The van der Waals surface area contributed by atoms with Crippen molar-refractivity contribution in [3.63, 3.8) is 0 Å². The van der Waals surface area contributed by atoms with Gasteiger partial charge in [0, 0.05) is 20.1 Å². The SMILES string of the molecule is CC(C)CC(NC(C)c1ccsc1)C(=O)N(C)C. The maximum atomic E-state index is 12.1. The van der Waals surface area contributed by atoms with Crippen molar-refractivity contribution in [1.29, 1.82) is 0 Å². The van der Waals surface area contributed by atoms with E-state index >= 15 is 0 Å². The Balaban J connectivity index is 2.69. The molecule has 0 aliphatic heterocycles. The minimum atomic E-state index is -0.102. The molecular weight excluding hydrogens is 244 g/mol. The fraction of sp³-hybridized carbons (Fsp3) is 0.643. The van der Waals surface area contributed by atoms with Crippen molar-refractivity contribution < 1.29 is 4.79 Å². The molecule has 0 bridgehead atoms. The van der Waals surface area contributed by atoms with Crippen LogP contribution in [-0.2, 0) is 4.79 Å². The maximum absolute atomic E-state index is 12.1. The highest BCUT2D eigenvalue weighted by molar-refractivity contribution is 7.07. The van der Waals surface area contributed by atoms with Crippen LogP contribution in [0.15, 0.2) is 16.8 Å². The Morgan fingerprint density at radius 3 is 2.50 bits per heavy atom. The number of nitrogens with zero attached hydrogens (tertiary/aromatic N) is 1. The van der Waals surface area contributed by atoms with E-state index in [-0.39, 0.29) is 18.0 Å². The molecule has 1 rings (SSSR count). The minimum absolute atomic E-state index is 0.102. The summed E-state index contributed by atoms with van der Waals surface area (Å²) in [5.74, 6) is 0.659. The number of nitrogens with one attached hydrogen (secondary N) is 1. The van der Waals surface area contributed by atoms with Gasteiger partial charge in [-0.25, -0.2) is 0 Å². The summed E-state index contributed by atoms with van der Waals surface area (Å²) in [4.78, 5) is 13.8. The van der Waals surface area contributed by atoms with Crippen molar-refractivity contribution in [2.24, 2.45) is 5.92 Å². The lowest BCUT2D eigenvalue weighted by Crippen LogP contribution is -2.45. The Labute approximate surface area is 114 Å². The molecule has 0 fully saturated rings. The van der Waals surface area contributed by atoms with Gasteiger partial charge in [0.15, 0.2) is 0 Å². The molecule has 102 valence electrons. The average Bonchev–Trinajstić information content (AvgIpc) is 2.79. The average molecular weight is 268 g/mol. The van der Waals surface area contributed by atoms with Crippen LogP contribution in [0.5, 0.6) is 0 Å². The summed E-state index contributed by atoms with van der Waals surface area (Å²) in [6.07, 6.45) is 0.867. The predicted octanol–water partition coefficient (Wildman–Crippen LogP) is 2.90. The van der Waals surface area contributed by atoms with E-state index in [9.17, 15) is 4.79 Å². The molecule has 3 nitrogen and oxygen atoms in total. The summed E-state index contributed by atoms with van der Waals surface area (Å²) in [7, 11) is 3.62. The van der Waals surface area contributed by atoms with Crippen molar-refractivity contribution in [2.75, 3.05) is 14.1 Å². The first-order valence-electron chi connectivity index (χ1n) is 6.41. The molecule has 1 N–H and O–H groups in total. The number of carbonyl (C=O) groups excluding carboxylic acids is 1. The van der Waals surface area contributed by atoms with Crippen LogP contribution in [0.1, 0.15) is 38.8 Å². The van der Waals surface area contributed by atoms with E-state index in [2.05, 4.69) is 42.9 Å². The summed E-state index contributed by atoms with van der Waals surface area (Å²) >= 11 is 1.69. The standard InChI is InChI=1S/C14H24N2OS/c1-10(2)8-13(14(17)16(4)5)15-11(3)12-6-7-18-9-12/h6-7,9-11,13,15H,8H2,1-5H3. The fourth-order valence-corrected chi connectivity index (χ4v) is 2.70. The van der Waals surface area contributed by atoms with Gasteiger partial charge in [-0.15, -0.1) is 0 Å². The normalized spacial score (nSPS) is 14.6. The molecule has 1 aromatic heterocycles. The lowest BCUT2D eigenvalue weighted by Gasteiger charge is -2.26. The van der Waals surface area contributed by atoms with E-state index in [0.717, 1.165) is 6.42 Å². The Morgan fingerprint density at radius 2 is 2.06 bits per heavy atom. The van der Waals surface area contributed by atoms with Gasteiger partial charge in [-0.3, -0.25) is 10.1 Å². The molecule has 2 atom stereocenters. The summed E-state index contributed by atoms with van der Waals surface area (Å²) in [5.41, 5.74) is 1.25. The predicted molar refractivity (Wildman–Crippen MR) is 77.8 cm³/mol. The van der Waals surface area contributed by atoms with Gasteiger partial charge >= 0.3 is 0 Å². The van der Waals surface area contributed by atoms with Crippen LogP contribution in [0.3, 0.4) is 0 Å². The van der Waals surface area contributed by atoms with E-state index < -0.39 is 0 Å². The molecule has 0 aliphatic rings. The number of thiophene rings is 1. The second-order valence-corrected chi connectivity index (χ2v) is 6.14. The third-order valence-electron chi connectivity index (χ3n) is 2.94. The lowest BCUT2D eigenvalue weighted by atomic mass is 10.0. The molecule has 0 spiro atoms.